The minimum Gasteiger partial charge on any atom is -0.478 e. The molecule has 0 amide bonds. The highest BCUT2D eigenvalue weighted by atomic mass is 35.5. The van der Waals surface area contributed by atoms with Crippen LogP contribution in [0.5, 0.6) is 0 Å². The van der Waals surface area contributed by atoms with Crippen molar-refractivity contribution in [3.63, 3.8) is 0 Å². The zero-order chi connectivity index (χ0) is 13.1. The molecule has 0 spiro atoms. The molecule has 2 aromatic heterocycles. The molecule has 0 saturated carbocycles. The standard InChI is InChI=1S/C12H10ClN3O2/c1-7-9(3-2-4-14-7)15-11-6-8(12(17)18)5-10(13)16-11/h2-6H,1H3,(H,15,16)(H,17,18). The van der Waals surface area contributed by atoms with E-state index in [9.17, 15) is 4.79 Å². The minimum absolute atomic E-state index is 0.0824. The maximum atomic E-state index is 10.9. The Morgan fingerprint density at radius 3 is 2.89 bits per heavy atom. The number of carboxylic acid groups (broad SMARTS) is 1. The summed E-state index contributed by atoms with van der Waals surface area (Å²) in [6.07, 6.45) is 1.68. The average Bonchev–Trinajstić information content (AvgIpc) is 2.31. The predicted molar refractivity (Wildman–Crippen MR) is 68.5 cm³/mol. The summed E-state index contributed by atoms with van der Waals surface area (Å²) >= 11 is 5.77. The van der Waals surface area contributed by atoms with E-state index < -0.39 is 5.97 Å². The highest BCUT2D eigenvalue weighted by molar-refractivity contribution is 6.29. The van der Waals surface area contributed by atoms with Crippen LogP contribution in [-0.4, -0.2) is 21.0 Å². The lowest BCUT2D eigenvalue weighted by molar-refractivity contribution is 0.0697. The number of aryl methyl sites for hydroxylation is 1. The number of carboxylic acids is 1. The first-order chi connectivity index (χ1) is 8.56. The van der Waals surface area contributed by atoms with Gasteiger partial charge >= 0.3 is 5.97 Å². The number of nitrogens with one attached hydrogen (secondary N) is 1. The molecule has 0 saturated heterocycles. The number of pyridine rings is 2. The van der Waals surface area contributed by atoms with Gasteiger partial charge < -0.3 is 10.4 Å². The van der Waals surface area contributed by atoms with Crippen molar-refractivity contribution in [2.24, 2.45) is 0 Å². The molecule has 0 unspecified atom stereocenters. The lowest BCUT2D eigenvalue weighted by atomic mass is 10.2. The normalized spacial score (nSPS) is 10.1. The van der Waals surface area contributed by atoms with Gasteiger partial charge in [-0.05, 0) is 31.2 Å². The summed E-state index contributed by atoms with van der Waals surface area (Å²) in [5.74, 6) is -0.679. The van der Waals surface area contributed by atoms with Gasteiger partial charge in [0.25, 0.3) is 0 Å². The Bertz CT molecular complexity index is 602. The fourth-order valence-corrected chi connectivity index (χ4v) is 1.65. The molecular weight excluding hydrogens is 254 g/mol. The molecular formula is C12H10ClN3O2. The lowest BCUT2D eigenvalue weighted by Gasteiger charge is -2.08. The zero-order valence-electron chi connectivity index (χ0n) is 9.51. The molecule has 0 bridgehead atoms. The highest BCUT2D eigenvalue weighted by Gasteiger charge is 2.08. The zero-order valence-corrected chi connectivity index (χ0v) is 10.3. The van der Waals surface area contributed by atoms with Crippen molar-refractivity contribution in [3.8, 4) is 0 Å². The van der Waals surface area contributed by atoms with E-state index in [4.69, 9.17) is 16.7 Å². The summed E-state index contributed by atoms with van der Waals surface area (Å²) < 4.78 is 0. The minimum atomic E-state index is -1.05. The van der Waals surface area contributed by atoms with Crippen molar-refractivity contribution < 1.29 is 9.90 Å². The molecule has 0 aliphatic rings. The molecule has 18 heavy (non-hydrogen) atoms. The van der Waals surface area contributed by atoms with Crippen LogP contribution in [-0.2, 0) is 0 Å². The Morgan fingerprint density at radius 2 is 2.22 bits per heavy atom. The lowest BCUT2D eigenvalue weighted by Crippen LogP contribution is -2.02. The number of hydrogen-bond acceptors (Lipinski definition) is 4. The summed E-state index contributed by atoms with van der Waals surface area (Å²) in [7, 11) is 0. The first-order valence-corrected chi connectivity index (χ1v) is 5.53. The van der Waals surface area contributed by atoms with Gasteiger partial charge in [-0.3, -0.25) is 4.98 Å². The Labute approximate surface area is 108 Å². The maximum Gasteiger partial charge on any atom is 0.335 e. The quantitative estimate of drug-likeness (QED) is 0.833. The molecule has 0 radical (unpaired) electrons. The first kappa shape index (κ1) is 12.3. The summed E-state index contributed by atoms with van der Waals surface area (Å²) in [6.45, 7) is 1.84. The Hall–Kier alpha value is -2.14. The van der Waals surface area contributed by atoms with Crippen LogP contribution in [0.1, 0.15) is 16.1 Å². The molecule has 0 aromatic carbocycles. The van der Waals surface area contributed by atoms with Crippen LogP contribution in [0.4, 0.5) is 11.5 Å². The maximum absolute atomic E-state index is 10.9. The summed E-state index contributed by atoms with van der Waals surface area (Å²) in [5, 5.41) is 12.0. The SMILES string of the molecule is Cc1ncccc1Nc1cc(C(=O)O)cc(Cl)n1. The van der Waals surface area contributed by atoms with Crippen molar-refractivity contribution in [2.45, 2.75) is 6.92 Å². The van der Waals surface area contributed by atoms with Crippen LogP contribution >= 0.6 is 11.6 Å². The molecule has 5 nitrogen and oxygen atoms in total. The number of halogens is 1. The summed E-state index contributed by atoms with van der Waals surface area (Å²) in [4.78, 5) is 19.0. The fraction of sp³-hybridized carbons (Fsp3) is 0.0833. The van der Waals surface area contributed by atoms with E-state index in [-0.39, 0.29) is 10.7 Å². The van der Waals surface area contributed by atoms with Gasteiger partial charge in [0.15, 0.2) is 0 Å². The second-order valence-electron chi connectivity index (χ2n) is 3.63. The third kappa shape index (κ3) is 2.75. The van der Waals surface area contributed by atoms with Gasteiger partial charge in [-0.1, -0.05) is 11.6 Å². The molecule has 2 rings (SSSR count). The van der Waals surface area contributed by atoms with E-state index in [1.54, 1.807) is 12.3 Å². The molecule has 0 fully saturated rings. The van der Waals surface area contributed by atoms with Crippen LogP contribution in [0, 0.1) is 6.92 Å². The fourth-order valence-electron chi connectivity index (χ4n) is 1.44. The number of carbonyl (C=O) groups is 1. The monoisotopic (exact) mass is 263 g/mol. The van der Waals surface area contributed by atoms with Gasteiger partial charge in [0.2, 0.25) is 0 Å². The van der Waals surface area contributed by atoms with E-state index in [0.717, 1.165) is 11.4 Å². The highest BCUT2D eigenvalue weighted by Crippen LogP contribution is 2.20. The molecule has 2 aromatic rings. The van der Waals surface area contributed by atoms with E-state index in [1.165, 1.54) is 12.1 Å². The third-order valence-electron chi connectivity index (χ3n) is 2.31. The van der Waals surface area contributed by atoms with Crippen molar-refractivity contribution >= 4 is 29.1 Å². The molecule has 6 heteroatoms. The van der Waals surface area contributed by atoms with Gasteiger partial charge in [0.1, 0.15) is 11.0 Å². The smallest absolute Gasteiger partial charge is 0.335 e. The van der Waals surface area contributed by atoms with Gasteiger partial charge in [0, 0.05) is 6.20 Å². The Balaban J connectivity index is 2.35. The van der Waals surface area contributed by atoms with Crippen LogP contribution in [0.3, 0.4) is 0 Å². The number of nitrogens with zero attached hydrogens (tertiary/aromatic N) is 2. The molecule has 2 heterocycles. The Kier molecular flexibility index (Phi) is 3.43. The third-order valence-corrected chi connectivity index (χ3v) is 2.50. The van der Waals surface area contributed by atoms with Gasteiger partial charge in [-0.25, -0.2) is 9.78 Å². The van der Waals surface area contributed by atoms with Crippen LogP contribution in [0.25, 0.3) is 0 Å². The second kappa shape index (κ2) is 5.01. The molecule has 92 valence electrons. The topological polar surface area (TPSA) is 75.1 Å². The number of aromatic carboxylic acids is 1. The van der Waals surface area contributed by atoms with Gasteiger partial charge in [0.05, 0.1) is 16.9 Å². The van der Waals surface area contributed by atoms with E-state index in [2.05, 4.69) is 15.3 Å². The number of anilines is 2. The van der Waals surface area contributed by atoms with Gasteiger partial charge in [-0.15, -0.1) is 0 Å². The van der Waals surface area contributed by atoms with Crippen molar-refractivity contribution in [2.75, 3.05) is 5.32 Å². The largest absolute Gasteiger partial charge is 0.478 e. The van der Waals surface area contributed by atoms with E-state index in [1.807, 2.05) is 13.0 Å². The first-order valence-electron chi connectivity index (χ1n) is 5.16. The number of aromatic nitrogens is 2. The Morgan fingerprint density at radius 1 is 1.44 bits per heavy atom. The van der Waals surface area contributed by atoms with Crippen molar-refractivity contribution in [1.29, 1.82) is 0 Å². The molecule has 0 aliphatic heterocycles. The molecule has 0 atom stereocenters. The van der Waals surface area contributed by atoms with Crippen molar-refractivity contribution in [1.82, 2.24) is 9.97 Å². The summed E-state index contributed by atoms with van der Waals surface area (Å²) in [6, 6.07) is 6.31. The van der Waals surface area contributed by atoms with E-state index >= 15 is 0 Å². The summed E-state index contributed by atoms with van der Waals surface area (Å²) in [5.41, 5.74) is 1.62. The molecule has 2 N–H and O–H groups in total. The second-order valence-corrected chi connectivity index (χ2v) is 4.02. The van der Waals surface area contributed by atoms with Crippen molar-refractivity contribution in [3.05, 3.63) is 46.9 Å². The number of rotatable bonds is 3. The van der Waals surface area contributed by atoms with Crippen LogP contribution in [0.2, 0.25) is 5.15 Å². The average molecular weight is 264 g/mol. The van der Waals surface area contributed by atoms with Crippen LogP contribution in [0.15, 0.2) is 30.5 Å². The van der Waals surface area contributed by atoms with Gasteiger partial charge in [-0.2, -0.15) is 0 Å². The molecule has 0 aliphatic carbocycles. The predicted octanol–water partition coefficient (Wildman–Crippen LogP) is 2.88. The number of hydrogen-bond donors (Lipinski definition) is 2. The van der Waals surface area contributed by atoms with Crippen LogP contribution < -0.4 is 5.32 Å². The van der Waals surface area contributed by atoms with E-state index in [0.29, 0.717) is 5.82 Å².